The number of amides is 1. The van der Waals surface area contributed by atoms with Crippen LogP contribution in [-0.2, 0) is 19.2 Å². The molecule has 126 valence electrons. The van der Waals surface area contributed by atoms with Crippen LogP contribution in [-0.4, -0.2) is 38.7 Å². The van der Waals surface area contributed by atoms with E-state index in [0.717, 1.165) is 0 Å². The van der Waals surface area contributed by atoms with Crippen molar-refractivity contribution in [1.82, 2.24) is 5.06 Å². The molecular weight excluding hydrogens is 370 g/mol. The zero-order valence-electron chi connectivity index (χ0n) is 12.9. The highest BCUT2D eigenvalue weighted by atomic mass is 79.9. The Morgan fingerprint density at radius 1 is 1.22 bits per heavy atom. The van der Waals surface area contributed by atoms with Gasteiger partial charge in [0.25, 0.3) is 0 Å². The van der Waals surface area contributed by atoms with Crippen LogP contribution in [0.5, 0.6) is 0 Å². The van der Waals surface area contributed by atoms with Crippen LogP contribution in [0.1, 0.15) is 38.8 Å². The molecule has 2 N–H and O–H groups in total. The van der Waals surface area contributed by atoms with Gasteiger partial charge in [0.1, 0.15) is 0 Å². The quantitative estimate of drug-likeness (QED) is 0.594. The third-order valence-electron chi connectivity index (χ3n) is 2.67. The Labute approximate surface area is 141 Å². The van der Waals surface area contributed by atoms with E-state index in [4.69, 9.17) is 15.1 Å². The third kappa shape index (κ3) is 5.65. The molecule has 1 aromatic carbocycles. The van der Waals surface area contributed by atoms with Crippen LogP contribution < -0.4 is 0 Å². The summed E-state index contributed by atoms with van der Waals surface area (Å²) in [5.74, 6) is -4.25. The second kappa shape index (κ2) is 7.56. The molecule has 1 rings (SSSR count). The molecule has 0 saturated carbocycles. The Balaban J connectivity index is 3.37. The van der Waals surface area contributed by atoms with Crippen LogP contribution >= 0.6 is 15.9 Å². The second-order valence-electron chi connectivity index (χ2n) is 5.77. The fourth-order valence-corrected chi connectivity index (χ4v) is 2.41. The number of halogens is 1. The van der Waals surface area contributed by atoms with Gasteiger partial charge >= 0.3 is 17.8 Å². The summed E-state index contributed by atoms with van der Waals surface area (Å²) in [5, 5.41) is 18.8. The Morgan fingerprint density at radius 2 is 1.78 bits per heavy atom. The lowest BCUT2D eigenvalue weighted by molar-refractivity contribution is -0.245. The number of aliphatic carboxylic acids is 2. The lowest BCUT2D eigenvalue weighted by Crippen LogP contribution is -2.44. The minimum Gasteiger partial charge on any atom is -0.481 e. The molecule has 23 heavy (non-hydrogen) atoms. The normalized spacial score (nSPS) is 12.5. The smallest absolute Gasteiger partial charge is 0.396 e. The van der Waals surface area contributed by atoms with Gasteiger partial charge in [-0.3, -0.25) is 14.4 Å². The van der Waals surface area contributed by atoms with Gasteiger partial charge in [0.2, 0.25) is 0 Å². The molecule has 1 aromatic rings. The van der Waals surface area contributed by atoms with Crippen LogP contribution in [0.2, 0.25) is 0 Å². The van der Waals surface area contributed by atoms with Crippen molar-refractivity contribution < 1.29 is 29.4 Å². The van der Waals surface area contributed by atoms with Crippen molar-refractivity contribution in [3.63, 3.8) is 0 Å². The number of hydroxylamine groups is 2. The van der Waals surface area contributed by atoms with Gasteiger partial charge in [-0.2, -0.15) is 0 Å². The average molecular weight is 388 g/mol. The number of hydrogen-bond acceptors (Lipinski definition) is 4. The predicted molar refractivity (Wildman–Crippen MR) is 84.5 cm³/mol. The summed E-state index contributed by atoms with van der Waals surface area (Å²) in [7, 11) is 0. The summed E-state index contributed by atoms with van der Waals surface area (Å²) in [4.78, 5) is 39.8. The number of carbonyl (C=O) groups excluding carboxylic acids is 1. The minimum atomic E-state index is -1.73. The maximum absolute atomic E-state index is 12.0. The van der Waals surface area contributed by atoms with Crippen molar-refractivity contribution in [2.75, 3.05) is 0 Å². The second-order valence-corrected chi connectivity index (χ2v) is 6.63. The van der Waals surface area contributed by atoms with E-state index in [-0.39, 0.29) is 0 Å². The lowest BCUT2D eigenvalue weighted by atomic mass is 10.0. The van der Waals surface area contributed by atoms with Crippen LogP contribution in [0.25, 0.3) is 0 Å². The number of rotatable bonds is 5. The third-order valence-corrected chi connectivity index (χ3v) is 3.39. The Morgan fingerprint density at radius 3 is 2.22 bits per heavy atom. The first-order valence-corrected chi connectivity index (χ1v) is 7.54. The fraction of sp³-hybridized carbons (Fsp3) is 0.400. The first kappa shape index (κ1) is 19.1. The highest BCUT2D eigenvalue weighted by Crippen LogP contribution is 2.32. The molecule has 0 radical (unpaired) electrons. The molecule has 0 saturated heterocycles. The molecule has 0 aliphatic heterocycles. The summed E-state index contributed by atoms with van der Waals surface area (Å²) in [6, 6.07) is 5.57. The molecular formula is C15H18BrNO6. The Hall–Kier alpha value is -1.93. The molecule has 1 amide bonds. The number of carboxylic acid groups (broad SMARTS) is 2. The van der Waals surface area contributed by atoms with Gasteiger partial charge in [0.15, 0.2) is 0 Å². The minimum absolute atomic E-state index is 0.439. The molecule has 0 aliphatic rings. The molecule has 0 bridgehead atoms. The van der Waals surface area contributed by atoms with Gasteiger partial charge < -0.3 is 10.2 Å². The van der Waals surface area contributed by atoms with Crippen molar-refractivity contribution in [3.8, 4) is 0 Å². The standard InChI is InChI=1S/C15H18BrNO6/c1-15(2,3)23-17(13(20)14(21)22)11(8-12(18)19)9-6-4-5-7-10(9)16/h4-7,11H,8H2,1-3H3,(H,18,19)(H,21,22). The SMILES string of the molecule is CC(C)(C)ON(C(=O)C(=O)O)C(CC(=O)O)c1ccccc1Br. The van der Waals surface area contributed by atoms with E-state index in [1.807, 2.05) is 0 Å². The maximum atomic E-state index is 12.0. The van der Waals surface area contributed by atoms with Gasteiger partial charge in [-0.15, -0.1) is 0 Å². The van der Waals surface area contributed by atoms with Crippen molar-refractivity contribution in [1.29, 1.82) is 0 Å². The summed E-state index contributed by atoms with van der Waals surface area (Å²) in [5.41, 5.74) is -0.447. The number of hydrogen-bond donors (Lipinski definition) is 2. The Bertz CT molecular complexity index is 610. The number of carboxylic acids is 2. The van der Waals surface area contributed by atoms with Crippen LogP contribution in [0, 0.1) is 0 Å². The summed E-state index contributed by atoms with van der Waals surface area (Å²) in [6.45, 7) is 4.90. The van der Waals surface area contributed by atoms with Gasteiger partial charge in [0, 0.05) is 4.47 Å². The number of nitrogens with zero attached hydrogens (tertiary/aromatic N) is 1. The van der Waals surface area contributed by atoms with E-state index < -0.39 is 35.9 Å². The zero-order valence-corrected chi connectivity index (χ0v) is 14.5. The fourth-order valence-electron chi connectivity index (χ4n) is 1.87. The van der Waals surface area contributed by atoms with Gasteiger partial charge in [0.05, 0.1) is 18.1 Å². The van der Waals surface area contributed by atoms with Gasteiger partial charge in [-0.1, -0.05) is 34.1 Å². The molecule has 7 nitrogen and oxygen atoms in total. The molecule has 1 atom stereocenters. The summed E-state index contributed by atoms with van der Waals surface area (Å²) >= 11 is 3.29. The highest BCUT2D eigenvalue weighted by molar-refractivity contribution is 9.10. The Kier molecular flexibility index (Phi) is 6.28. The van der Waals surface area contributed by atoms with Crippen LogP contribution in [0.3, 0.4) is 0 Å². The van der Waals surface area contributed by atoms with Gasteiger partial charge in [-0.25, -0.2) is 9.86 Å². The monoisotopic (exact) mass is 387 g/mol. The predicted octanol–water partition coefficient (Wildman–Crippen LogP) is 2.61. The van der Waals surface area contributed by atoms with E-state index in [0.29, 0.717) is 15.1 Å². The average Bonchev–Trinajstić information content (AvgIpc) is 2.41. The topological polar surface area (TPSA) is 104 Å². The maximum Gasteiger partial charge on any atom is 0.396 e. The van der Waals surface area contributed by atoms with Crippen molar-refractivity contribution in [2.24, 2.45) is 0 Å². The van der Waals surface area contributed by atoms with Crippen molar-refractivity contribution in [2.45, 2.75) is 38.8 Å². The van der Waals surface area contributed by atoms with Crippen molar-refractivity contribution >= 4 is 33.8 Å². The number of carbonyl (C=O) groups is 3. The summed E-state index contributed by atoms with van der Waals surface area (Å²) < 4.78 is 0.548. The summed E-state index contributed by atoms with van der Waals surface area (Å²) in [6.07, 6.45) is -0.502. The molecule has 0 aromatic heterocycles. The van der Waals surface area contributed by atoms with Gasteiger partial charge in [-0.05, 0) is 32.4 Å². The van der Waals surface area contributed by atoms with E-state index in [2.05, 4.69) is 15.9 Å². The van der Waals surface area contributed by atoms with E-state index in [9.17, 15) is 14.4 Å². The molecule has 0 aliphatic carbocycles. The zero-order chi connectivity index (χ0) is 17.8. The molecule has 0 fully saturated rings. The van der Waals surface area contributed by atoms with Crippen molar-refractivity contribution in [3.05, 3.63) is 34.3 Å². The molecule has 0 heterocycles. The highest BCUT2D eigenvalue weighted by Gasteiger charge is 2.36. The molecule has 1 unspecified atom stereocenters. The van der Waals surface area contributed by atoms with E-state index in [1.165, 1.54) is 0 Å². The molecule has 0 spiro atoms. The van der Waals surface area contributed by atoms with E-state index >= 15 is 0 Å². The van der Waals surface area contributed by atoms with Crippen LogP contribution in [0.15, 0.2) is 28.7 Å². The first-order valence-electron chi connectivity index (χ1n) is 6.74. The largest absolute Gasteiger partial charge is 0.481 e. The lowest BCUT2D eigenvalue weighted by Gasteiger charge is -2.34. The first-order chi connectivity index (χ1) is 10.5. The number of benzene rings is 1. The van der Waals surface area contributed by atoms with Crippen LogP contribution in [0.4, 0.5) is 0 Å². The van der Waals surface area contributed by atoms with E-state index in [1.54, 1.807) is 45.0 Å². The molecule has 8 heteroatoms.